The fraction of sp³-hybridized carbons (Fsp3) is 0.917. The van der Waals surface area contributed by atoms with Crippen LogP contribution in [0.25, 0.3) is 0 Å². The van der Waals surface area contributed by atoms with Crippen molar-refractivity contribution in [3.8, 4) is 0 Å². The molecule has 3 fully saturated rings. The largest absolute Gasteiger partial charge is 0.371 e. The molecule has 0 aromatic heterocycles. The minimum atomic E-state index is 0.0752. The maximum atomic E-state index is 12.3. The first-order chi connectivity index (χ1) is 7.83. The van der Waals surface area contributed by atoms with Crippen LogP contribution in [0.3, 0.4) is 0 Å². The number of hydrogen-bond donors (Lipinski definition) is 1. The number of carbonyl (C=O) groups excluding carboxylic acids is 1. The number of hydrogen-bond acceptors (Lipinski definition) is 3. The zero-order valence-corrected chi connectivity index (χ0v) is 9.65. The van der Waals surface area contributed by atoms with Crippen LogP contribution < -0.4 is 5.32 Å². The minimum Gasteiger partial charge on any atom is -0.371 e. The highest BCUT2D eigenvalue weighted by Crippen LogP contribution is 2.27. The van der Waals surface area contributed by atoms with Crippen molar-refractivity contribution in [3.63, 3.8) is 0 Å². The number of amides is 1. The van der Waals surface area contributed by atoms with Crippen LogP contribution in [0, 0.1) is 0 Å². The molecule has 3 heterocycles. The Morgan fingerprint density at radius 2 is 1.88 bits per heavy atom. The first-order valence-corrected chi connectivity index (χ1v) is 6.50. The van der Waals surface area contributed by atoms with E-state index < -0.39 is 0 Å². The van der Waals surface area contributed by atoms with Crippen molar-refractivity contribution in [1.29, 1.82) is 0 Å². The molecular weight excluding hydrogens is 204 g/mol. The molecule has 4 nitrogen and oxygen atoms in total. The predicted octanol–water partition coefficient (Wildman–Crippen LogP) is 0.518. The fourth-order valence-electron chi connectivity index (χ4n) is 3.08. The number of morpholine rings is 1. The number of nitrogens with zero attached hydrogens (tertiary/aromatic N) is 1. The maximum absolute atomic E-state index is 12.3. The Balaban J connectivity index is 1.61. The van der Waals surface area contributed by atoms with Gasteiger partial charge in [-0.05, 0) is 32.2 Å². The molecule has 2 bridgehead atoms. The molecule has 3 atom stereocenters. The molecule has 0 aromatic carbocycles. The van der Waals surface area contributed by atoms with Gasteiger partial charge in [-0.2, -0.15) is 0 Å². The number of likely N-dealkylation sites (tertiary alicyclic amines) is 1. The number of carbonyl (C=O) groups is 1. The first kappa shape index (κ1) is 10.5. The quantitative estimate of drug-likeness (QED) is 0.706. The van der Waals surface area contributed by atoms with Crippen molar-refractivity contribution in [2.75, 3.05) is 19.6 Å². The average Bonchev–Trinajstić information content (AvgIpc) is 2.68. The Morgan fingerprint density at radius 3 is 2.50 bits per heavy atom. The molecule has 0 aromatic rings. The van der Waals surface area contributed by atoms with Crippen LogP contribution in [0.5, 0.6) is 0 Å². The van der Waals surface area contributed by atoms with Crippen LogP contribution in [0.4, 0.5) is 0 Å². The van der Waals surface area contributed by atoms with Gasteiger partial charge < -0.3 is 15.0 Å². The Kier molecular flexibility index (Phi) is 2.86. The summed E-state index contributed by atoms with van der Waals surface area (Å²) in [5.74, 6) is 0.305. The van der Waals surface area contributed by atoms with E-state index in [4.69, 9.17) is 4.74 Å². The zero-order valence-electron chi connectivity index (χ0n) is 9.65. The van der Waals surface area contributed by atoms with Gasteiger partial charge in [-0.1, -0.05) is 6.42 Å². The Bertz CT molecular complexity index is 264. The molecule has 1 N–H and O–H groups in total. The van der Waals surface area contributed by atoms with Crippen molar-refractivity contribution in [3.05, 3.63) is 0 Å². The molecule has 0 saturated carbocycles. The topological polar surface area (TPSA) is 41.6 Å². The Morgan fingerprint density at radius 1 is 1.12 bits per heavy atom. The van der Waals surface area contributed by atoms with Crippen molar-refractivity contribution in [2.45, 2.75) is 50.4 Å². The van der Waals surface area contributed by atoms with Gasteiger partial charge in [0.1, 0.15) is 0 Å². The SMILES string of the molecule is O=C(C1CCCCN1)N1CC2CCC(C1)O2. The van der Waals surface area contributed by atoms with E-state index in [9.17, 15) is 4.79 Å². The summed E-state index contributed by atoms with van der Waals surface area (Å²) >= 11 is 0. The second kappa shape index (κ2) is 4.34. The molecular formula is C12H20N2O2. The van der Waals surface area contributed by atoms with Crippen LogP contribution in [-0.2, 0) is 9.53 Å². The van der Waals surface area contributed by atoms with E-state index >= 15 is 0 Å². The summed E-state index contributed by atoms with van der Waals surface area (Å²) < 4.78 is 5.75. The van der Waals surface area contributed by atoms with Crippen molar-refractivity contribution in [1.82, 2.24) is 10.2 Å². The molecule has 0 spiro atoms. The summed E-state index contributed by atoms with van der Waals surface area (Å²) in [4.78, 5) is 14.3. The summed E-state index contributed by atoms with van der Waals surface area (Å²) in [5, 5.41) is 3.33. The van der Waals surface area contributed by atoms with Gasteiger partial charge in [0.05, 0.1) is 18.2 Å². The number of nitrogens with one attached hydrogen (secondary N) is 1. The van der Waals surface area contributed by atoms with Gasteiger partial charge >= 0.3 is 0 Å². The summed E-state index contributed by atoms with van der Waals surface area (Å²) in [7, 11) is 0. The van der Waals surface area contributed by atoms with E-state index in [-0.39, 0.29) is 6.04 Å². The fourth-order valence-corrected chi connectivity index (χ4v) is 3.08. The lowest BCUT2D eigenvalue weighted by molar-refractivity contribution is -0.142. The smallest absolute Gasteiger partial charge is 0.239 e. The van der Waals surface area contributed by atoms with Gasteiger partial charge in [0.2, 0.25) is 5.91 Å². The summed E-state index contributed by atoms with van der Waals surface area (Å²) in [5.41, 5.74) is 0. The molecule has 3 unspecified atom stereocenters. The van der Waals surface area contributed by atoms with Gasteiger partial charge in [-0.15, -0.1) is 0 Å². The van der Waals surface area contributed by atoms with E-state index in [1.165, 1.54) is 12.8 Å². The van der Waals surface area contributed by atoms with Crippen LogP contribution in [0.2, 0.25) is 0 Å². The van der Waals surface area contributed by atoms with E-state index in [1.54, 1.807) is 0 Å². The van der Waals surface area contributed by atoms with Crippen molar-refractivity contribution in [2.24, 2.45) is 0 Å². The van der Waals surface area contributed by atoms with Gasteiger partial charge in [-0.25, -0.2) is 0 Å². The van der Waals surface area contributed by atoms with E-state index in [2.05, 4.69) is 5.32 Å². The monoisotopic (exact) mass is 224 g/mol. The number of rotatable bonds is 1. The molecule has 0 aliphatic carbocycles. The molecule has 3 aliphatic heterocycles. The van der Waals surface area contributed by atoms with Crippen LogP contribution in [0.1, 0.15) is 32.1 Å². The lowest BCUT2D eigenvalue weighted by Crippen LogP contribution is -2.53. The van der Waals surface area contributed by atoms with E-state index in [0.717, 1.165) is 38.9 Å². The first-order valence-electron chi connectivity index (χ1n) is 6.50. The molecule has 3 rings (SSSR count). The maximum Gasteiger partial charge on any atom is 0.239 e. The number of piperidine rings is 1. The van der Waals surface area contributed by atoms with Gasteiger partial charge in [0.25, 0.3) is 0 Å². The molecule has 0 radical (unpaired) electrons. The molecule has 3 saturated heterocycles. The highest BCUT2D eigenvalue weighted by molar-refractivity contribution is 5.82. The summed E-state index contributed by atoms with van der Waals surface area (Å²) in [6.45, 7) is 2.62. The second-order valence-corrected chi connectivity index (χ2v) is 5.20. The lowest BCUT2D eigenvalue weighted by atomic mass is 10.0. The summed E-state index contributed by atoms with van der Waals surface area (Å²) in [6, 6.07) is 0.0752. The Hall–Kier alpha value is -0.610. The minimum absolute atomic E-state index is 0.0752. The second-order valence-electron chi connectivity index (χ2n) is 5.20. The van der Waals surface area contributed by atoms with Crippen LogP contribution in [0.15, 0.2) is 0 Å². The number of fused-ring (bicyclic) bond motifs is 2. The van der Waals surface area contributed by atoms with Gasteiger partial charge in [0, 0.05) is 13.1 Å². The zero-order chi connectivity index (χ0) is 11.0. The Labute approximate surface area is 96.3 Å². The molecule has 90 valence electrons. The third-order valence-corrected chi connectivity index (χ3v) is 3.96. The third kappa shape index (κ3) is 1.96. The summed E-state index contributed by atoms with van der Waals surface area (Å²) in [6.07, 6.45) is 6.28. The molecule has 1 amide bonds. The number of ether oxygens (including phenoxy) is 1. The van der Waals surface area contributed by atoms with Crippen molar-refractivity contribution < 1.29 is 9.53 Å². The van der Waals surface area contributed by atoms with Gasteiger partial charge in [0.15, 0.2) is 0 Å². The van der Waals surface area contributed by atoms with E-state index in [1.807, 2.05) is 4.90 Å². The third-order valence-electron chi connectivity index (χ3n) is 3.96. The predicted molar refractivity (Wildman–Crippen MR) is 60.1 cm³/mol. The standard InChI is InChI=1S/C12H20N2O2/c15-12(11-3-1-2-6-13-11)14-7-9-4-5-10(8-14)16-9/h9-11,13H,1-8H2. The highest BCUT2D eigenvalue weighted by atomic mass is 16.5. The lowest BCUT2D eigenvalue weighted by Gasteiger charge is -2.35. The average molecular weight is 224 g/mol. The molecule has 3 aliphatic rings. The highest BCUT2D eigenvalue weighted by Gasteiger charge is 2.37. The molecule has 4 heteroatoms. The van der Waals surface area contributed by atoms with Gasteiger partial charge in [-0.3, -0.25) is 4.79 Å². The van der Waals surface area contributed by atoms with Crippen LogP contribution in [-0.4, -0.2) is 48.7 Å². The van der Waals surface area contributed by atoms with Crippen LogP contribution >= 0.6 is 0 Å². The van der Waals surface area contributed by atoms with E-state index in [0.29, 0.717) is 18.1 Å². The molecule has 16 heavy (non-hydrogen) atoms. The van der Waals surface area contributed by atoms with Crippen molar-refractivity contribution >= 4 is 5.91 Å². The normalized spacial score (nSPS) is 38.8.